The number of nitrogens with one attached hydrogen (secondary N) is 1. The van der Waals surface area contributed by atoms with E-state index in [9.17, 15) is 9.59 Å². The van der Waals surface area contributed by atoms with Gasteiger partial charge in [-0.1, -0.05) is 54.6 Å². The Balaban J connectivity index is 1.29. The second-order valence-electron chi connectivity index (χ2n) is 8.51. The molecule has 2 saturated carbocycles. The first-order valence-electron chi connectivity index (χ1n) is 10.8. The molecule has 1 N–H and O–H groups in total. The van der Waals surface area contributed by atoms with Gasteiger partial charge < -0.3 is 10.2 Å². The number of nitrogens with zero attached hydrogens (tertiary/aromatic N) is 1. The summed E-state index contributed by atoms with van der Waals surface area (Å²) in [5.41, 5.74) is 2.83. The zero-order chi connectivity index (χ0) is 20.5. The molecule has 5 rings (SSSR count). The number of hydrogen-bond acceptors (Lipinski definition) is 2. The molecule has 0 aromatic heterocycles. The highest BCUT2D eigenvalue weighted by molar-refractivity contribution is 5.94. The van der Waals surface area contributed by atoms with E-state index in [0.29, 0.717) is 30.6 Å². The average molecular weight is 399 g/mol. The monoisotopic (exact) mass is 398 g/mol. The number of hydrogen-bond donors (Lipinski definition) is 1. The maximum atomic E-state index is 13.2. The van der Waals surface area contributed by atoms with Crippen LogP contribution in [0.1, 0.15) is 47.2 Å². The van der Waals surface area contributed by atoms with Gasteiger partial charge in [0.1, 0.15) is 0 Å². The van der Waals surface area contributed by atoms with Gasteiger partial charge in [0.2, 0.25) is 5.91 Å². The molecule has 4 nitrogen and oxygen atoms in total. The predicted molar refractivity (Wildman–Crippen MR) is 118 cm³/mol. The van der Waals surface area contributed by atoms with E-state index in [2.05, 4.69) is 29.6 Å². The molecule has 0 saturated heterocycles. The van der Waals surface area contributed by atoms with Crippen LogP contribution < -0.4 is 5.32 Å². The van der Waals surface area contributed by atoms with Crippen LogP contribution in [0.15, 0.2) is 66.7 Å². The summed E-state index contributed by atoms with van der Waals surface area (Å²) in [4.78, 5) is 27.4. The van der Waals surface area contributed by atoms with Crippen molar-refractivity contribution >= 4 is 22.6 Å². The minimum absolute atomic E-state index is 0.00451. The van der Waals surface area contributed by atoms with Gasteiger partial charge in [-0.25, -0.2) is 0 Å². The Morgan fingerprint density at radius 1 is 0.867 bits per heavy atom. The van der Waals surface area contributed by atoms with Crippen molar-refractivity contribution in [1.82, 2.24) is 10.2 Å². The fraction of sp³-hybridized carbons (Fsp3) is 0.308. The molecule has 0 radical (unpaired) electrons. The lowest BCUT2D eigenvalue weighted by Gasteiger charge is -2.23. The van der Waals surface area contributed by atoms with E-state index in [0.717, 1.165) is 42.2 Å². The van der Waals surface area contributed by atoms with Crippen molar-refractivity contribution in [3.05, 3.63) is 83.4 Å². The van der Waals surface area contributed by atoms with Gasteiger partial charge in [-0.2, -0.15) is 0 Å². The molecule has 2 aliphatic carbocycles. The molecule has 2 aliphatic rings. The van der Waals surface area contributed by atoms with E-state index in [1.807, 2.05) is 47.4 Å². The van der Waals surface area contributed by atoms with Crippen molar-refractivity contribution in [2.75, 3.05) is 0 Å². The number of fused-ring (bicyclic) bond motifs is 1. The second kappa shape index (κ2) is 7.94. The molecule has 2 amide bonds. The van der Waals surface area contributed by atoms with Crippen LogP contribution in [-0.2, 0) is 17.8 Å². The Morgan fingerprint density at radius 2 is 1.60 bits per heavy atom. The second-order valence-corrected chi connectivity index (χ2v) is 8.51. The molecule has 0 heterocycles. The van der Waals surface area contributed by atoms with Gasteiger partial charge in [0.25, 0.3) is 5.91 Å². The van der Waals surface area contributed by atoms with Crippen LogP contribution in [0.25, 0.3) is 10.8 Å². The minimum atomic E-state index is -0.00451. The molecule has 0 spiro atoms. The van der Waals surface area contributed by atoms with E-state index in [1.54, 1.807) is 0 Å². The zero-order valence-electron chi connectivity index (χ0n) is 17.0. The third-order valence-electron chi connectivity index (χ3n) is 6.01. The lowest BCUT2D eigenvalue weighted by Crippen LogP contribution is -2.33. The molecule has 3 aromatic rings. The summed E-state index contributed by atoms with van der Waals surface area (Å²) in [6.07, 6.45) is 4.73. The van der Waals surface area contributed by atoms with Crippen molar-refractivity contribution in [2.45, 2.75) is 50.7 Å². The molecule has 0 bridgehead atoms. The molecule has 30 heavy (non-hydrogen) atoms. The number of carbonyl (C=O) groups excluding carboxylic acids is 2. The van der Waals surface area contributed by atoms with Crippen LogP contribution in [0, 0.1) is 0 Å². The summed E-state index contributed by atoms with van der Waals surface area (Å²) in [6, 6.07) is 22.8. The summed E-state index contributed by atoms with van der Waals surface area (Å²) in [7, 11) is 0. The molecular formula is C26H26N2O2. The van der Waals surface area contributed by atoms with Gasteiger partial charge in [0.05, 0.1) is 6.42 Å². The SMILES string of the molecule is O=C(NC1CC1)c1ccc(CN(C(=O)Cc2cccc3ccccc23)C2CC2)cc1. The molecular weight excluding hydrogens is 372 g/mol. The van der Waals surface area contributed by atoms with E-state index in [4.69, 9.17) is 0 Å². The van der Waals surface area contributed by atoms with E-state index >= 15 is 0 Å². The normalized spacial score (nSPS) is 15.7. The highest BCUT2D eigenvalue weighted by Gasteiger charge is 2.32. The molecule has 152 valence electrons. The third kappa shape index (κ3) is 4.23. The minimum Gasteiger partial charge on any atom is -0.349 e. The van der Waals surface area contributed by atoms with Crippen molar-refractivity contribution in [3.8, 4) is 0 Å². The fourth-order valence-corrected chi connectivity index (χ4v) is 3.97. The van der Waals surface area contributed by atoms with Crippen molar-refractivity contribution in [1.29, 1.82) is 0 Å². The number of amides is 2. The summed E-state index contributed by atoms with van der Waals surface area (Å²) < 4.78 is 0. The van der Waals surface area contributed by atoms with Gasteiger partial charge in [-0.15, -0.1) is 0 Å². The third-order valence-corrected chi connectivity index (χ3v) is 6.01. The Kier molecular flexibility index (Phi) is 4.99. The van der Waals surface area contributed by atoms with Gasteiger partial charge >= 0.3 is 0 Å². The summed E-state index contributed by atoms with van der Waals surface area (Å²) in [5, 5.41) is 5.33. The van der Waals surface area contributed by atoms with Crippen LogP contribution in [0.3, 0.4) is 0 Å². The first kappa shape index (κ1) is 18.9. The quantitative estimate of drug-likeness (QED) is 0.639. The lowest BCUT2D eigenvalue weighted by molar-refractivity contribution is -0.131. The standard InChI is InChI=1S/C26H26N2O2/c29-25(16-21-6-3-5-19-4-1-2-7-24(19)21)28(23-14-15-23)17-18-8-10-20(11-9-18)26(30)27-22-12-13-22/h1-11,22-23H,12-17H2,(H,27,30). The van der Waals surface area contributed by atoms with Crippen LogP contribution >= 0.6 is 0 Å². The van der Waals surface area contributed by atoms with Gasteiger partial charge in [-0.3, -0.25) is 9.59 Å². The first-order chi connectivity index (χ1) is 14.7. The highest BCUT2D eigenvalue weighted by atomic mass is 16.2. The lowest BCUT2D eigenvalue weighted by atomic mass is 10.0. The van der Waals surface area contributed by atoms with Gasteiger partial charge in [-0.05, 0) is 59.7 Å². The molecule has 0 aliphatic heterocycles. The zero-order valence-corrected chi connectivity index (χ0v) is 17.0. The van der Waals surface area contributed by atoms with Crippen LogP contribution in [0.2, 0.25) is 0 Å². The smallest absolute Gasteiger partial charge is 0.251 e. The predicted octanol–water partition coefficient (Wildman–Crippen LogP) is 4.47. The van der Waals surface area contributed by atoms with Gasteiger partial charge in [0, 0.05) is 24.2 Å². The maximum absolute atomic E-state index is 13.2. The Hall–Kier alpha value is -3.14. The topological polar surface area (TPSA) is 49.4 Å². The summed E-state index contributed by atoms with van der Waals surface area (Å²) in [5.74, 6) is 0.166. The molecule has 3 aromatic carbocycles. The van der Waals surface area contributed by atoms with Crippen molar-refractivity contribution in [3.63, 3.8) is 0 Å². The largest absolute Gasteiger partial charge is 0.349 e. The highest BCUT2D eigenvalue weighted by Crippen LogP contribution is 2.30. The van der Waals surface area contributed by atoms with E-state index in [-0.39, 0.29) is 11.8 Å². The maximum Gasteiger partial charge on any atom is 0.251 e. The summed E-state index contributed by atoms with van der Waals surface area (Å²) in [6.45, 7) is 0.596. The molecule has 0 atom stereocenters. The average Bonchev–Trinajstić information content (AvgIpc) is 3.68. The Labute approximate surface area is 176 Å². The molecule has 2 fully saturated rings. The number of benzene rings is 3. The summed E-state index contributed by atoms with van der Waals surface area (Å²) >= 11 is 0. The molecule has 0 unspecified atom stereocenters. The number of rotatable bonds is 7. The van der Waals surface area contributed by atoms with Crippen LogP contribution in [0.4, 0.5) is 0 Å². The van der Waals surface area contributed by atoms with Crippen LogP contribution in [0.5, 0.6) is 0 Å². The Bertz CT molecular complexity index is 1080. The van der Waals surface area contributed by atoms with E-state index < -0.39 is 0 Å². The van der Waals surface area contributed by atoms with Crippen LogP contribution in [-0.4, -0.2) is 28.8 Å². The van der Waals surface area contributed by atoms with Crippen molar-refractivity contribution in [2.24, 2.45) is 0 Å². The fourth-order valence-electron chi connectivity index (χ4n) is 3.97. The van der Waals surface area contributed by atoms with Gasteiger partial charge in [0.15, 0.2) is 0 Å². The Morgan fingerprint density at radius 3 is 2.33 bits per heavy atom. The number of carbonyl (C=O) groups is 2. The van der Waals surface area contributed by atoms with Crippen molar-refractivity contribution < 1.29 is 9.59 Å². The van der Waals surface area contributed by atoms with E-state index in [1.165, 1.54) is 5.39 Å². The first-order valence-corrected chi connectivity index (χ1v) is 10.8. The molecule has 4 heteroatoms.